The second kappa shape index (κ2) is 7.64. The van der Waals surface area contributed by atoms with Gasteiger partial charge in [0.2, 0.25) is 5.09 Å². The lowest BCUT2D eigenvalue weighted by Gasteiger charge is -2.24. The number of aromatic amines is 1. The summed E-state index contributed by atoms with van der Waals surface area (Å²) in [6, 6.07) is 4.03. The van der Waals surface area contributed by atoms with Gasteiger partial charge in [-0.3, -0.25) is 20.4 Å². The summed E-state index contributed by atoms with van der Waals surface area (Å²) in [5.41, 5.74) is 4.63. The SMILES string of the molecule is O=C(NNC(=O)c1ccc(S(=O)(=O)N2CCCCC2)o1)c1cc(Br)c[nH]1. The number of carbonyl (C=O) groups excluding carboxylic acids is 2. The molecule has 0 aromatic carbocycles. The van der Waals surface area contributed by atoms with Crippen molar-refractivity contribution < 1.29 is 22.4 Å². The second-order valence-corrected chi connectivity index (χ2v) is 8.51. The number of hydrazine groups is 1. The van der Waals surface area contributed by atoms with Crippen LogP contribution in [0.2, 0.25) is 0 Å². The molecule has 3 heterocycles. The highest BCUT2D eigenvalue weighted by Gasteiger charge is 2.29. The summed E-state index contributed by atoms with van der Waals surface area (Å²) in [4.78, 5) is 26.6. The van der Waals surface area contributed by atoms with E-state index in [0.717, 1.165) is 19.3 Å². The molecule has 0 unspecified atom stereocenters. The zero-order valence-electron chi connectivity index (χ0n) is 13.6. The quantitative estimate of drug-likeness (QED) is 0.617. The van der Waals surface area contributed by atoms with Crippen molar-refractivity contribution in [3.8, 4) is 0 Å². The van der Waals surface area contributed by atoms with Gasteiger partial charge in [0.1, 0.15) is 5.69 Å². The molecule has 1 aliphatic heterocycles. The lowest BCUT2D eigenvalue weighted by molar-refractivity contribution is 0.0825. The molecule has 0 aliphatic carbocycles. The minimum Gasteiger partial charge on any atom is -0.438 e. The highest BCUT2D eigenvalue weighted by molar-refractivity contribution is 9.10. The Morgan fingerprint density at radius 1 is 1.12 bits per heavy atom. The number of aromatic nitrogens is 1. The Balaban J connectivity index is 1.63. The van der Waals surface area contributed by atoms with Crippen LogP contribution < -0.4 is 10.9 Å². The molecule has 0 spiro atoms. The smallest absolute Gasteiger partial charge is 0.305 e. The summed E-state index contributed by atoms with van der Waals surface area (Å²) in [5.74, 6) is -1.53. The zero-order chi connectivity index (χ0) is 18.7. The van der Waals surface area contributed by atoms with E-state index in [9.17, 15) is 18.0 Å². The van der Waals surface area contributed by atoms with Gasteiger partial charge in [-0.1, -0.05) is 6.42 Å². The average Bonchev–Trinajstić information content (AvgIpc) is 3.30. The summed E-state index contributed by atoms with van der Waals surface area (Å²) >= 11 is 3.20. The van der Waals surface area contributed by atoms with Crippen LogP contribution in [0, 0.1) is 0 Å². The van der Waals surface area contributed by atoms with Crippen LogP contribution in [-0.4, -0.2) is 42.6 Å². The van der Waals surface area contributed by atoms with Gasteiger partial charge in [0.25, 0.3) is 15.9 Å². The molecule has 2 aromatic heterocycles. The normalized spacial score (nSPS) is 15.6. The summed E-state index contributed by atoms with van der Waals surface area (Å²) in [5, 5.41) is -0.288. The fraction of sp³-hybridized carbons (Fsp3) is 0.333. The Morgan fingerprint density at radius 3 is 2.46 bits per heavy atom. The number of H-pyrrole nitrogens is 1. The van der Waals surface area contributed by atoms with Gasteiger partial charge in [0.05, 0.1) is 0 Å². The Hall–Kier alpha value is -2.11. The van der Waals surface area contributed by atoms with Crippen molar-refractivity contribution in [3.63, 3.8) is 0 Å². The minimum absolute atomic E-state index is 0.214. The Kier molecular flexibility index (Phi) is 5.49. The van der Waals surface area contributed by atoms with Gasteiger partial charge < -0.3 is 9.40 Å². The number of piperidine rings is 1. The van der Waals surface area contributed by atoms with E-state index in [0.29, 0.717) is 17.6 Å². The largest absolute Gasteiger partial charge is 0.438 e. The van der Waals surface area contributed by atoms with E-state index in [1.54, 1.807) is 6.20 Å². The van der Waals surface area contributed by atoms with E-state index in [1.165, 1.54) is 22.5 Å². The third kappa shape index (κ3) is 4.00. The first-order valence-electron chi connectivity index (χ1n) is 7.92. The van der Waals surface area contributed by atoms with Crippen LogP contribution in [-0.2, 0) is 10.0 Å². The Bertz CT molecular complexity index is 914. The number of halogens is 1. The standard InChI is InChI=1S/C15H17BrN4O5S/c16-10-8-11(17-9-10)14(21)18-19-15(22)12-4-5-13(25-12)26(23,24)20-6-2-1-3-7-20/h4-5,8-9,17H,1-3,6-7H2,(H,18,21)(H,19,22). The lowest BCUT2D eigenvalue weighted by Crippen LogP contribution is -2.41. The van der Waals surface area contributed by atoms with Crippen molar-refractivity contribution in [1.29, 1.82) is 0 Å². The molecule has 2 amide bonds. The Morgan fingerprint density at radius 2 is 1.81 bits per heavy atom. The molecular weight excluding hydrogens is 428 g/mol. The van der Waals surface area contributed by atoms with E-state index in [4.69, 9.17) is 4.42 Å². The van der Waals surface area contributed by atoms with E-state index < -0.39 is 21.8 Å². The van der Waals surface area contributed by atoms with Crippen LogP contribution in [0.3, 0.4) is 0 Å². The van der Waals surface area contributed by atoms with Crippen LogP contribution in [0.4, 0.5) is 0 Å². The Labute approximate surface area is 158 Å². The first-order chi connectivity index (χ1) is 12.4. The molecule has 140 valence electrons. The molecule has 0 atom stereocenters. The summed E-state index contributed by atoms with van der Waals surface area (Å²) < 4.78 is 32.2. The highest BCUT2D eigenvalue weighted by Crippen LogP contribution is 2.22. The highest BCUT2D eigenvalue weighted by atomic mass is 79.9. The molecule has 1 saturated heterocycles. The van der Waals surface area contributed by atoms with Crippen LogP contribution in [0.5, 0.6) is 0 Å². The maximum Gasteiger partial charge on any atom is 0.305 e. The summed E-state index contributed by atoms with van der Waals surface area (Å²) in [6.07, 6.45) is 4.16. The molecular formula is C15H17BrN4O5S. The van der Waals surface area contributed by atoms with Crippen molar-refractivity contribution in [3.05, 3.63) is 40.3 Å². The molecule has 9 nitrogen and oxygen atoms in total. The minimum atomic E-state index is -3.76. The van der Waals surface area contributed by atoms with Crippen LogP contribution in [0.1, 0.15) is 40.3 Å². The molecule has 11 heteroatoms. The van der Waals surface area contributed by atoms with E-state index in [2.05, 4.69) is 31.8 Å². The third-order valence-corrected chi connectivity index (χ3v) is 6.13. The van der Waals surface area contributed by atoms with E-state index in [1.807, 2.05) is 0 Å². The molecule has 0 saturated carbocycles. The van der Waals surface area contributed by atoms with Gasteiger partial charge in [-0.2, -0.15) is 4.31 Å². The third-order valence-electron chi connectivity index (χ3n) is 3.90. The maximum absolute atomic E-state index is 12.5. The maximum atomic E-state index is 12.5. The number of hydrogen-bond acceptors (Lipinski definition) is 5. The summed E-state index contributed by atoms with van der Waals surface area (Å²) in [7, 11) is -3.76. The molecule has 0 radical (unpaired) electrons. The van der Waals surface area contributed by atoms with Crippen LogP contribution in [0.15, 0.2) is 38.4 Å². The van der Waals surface area contributed by atoms with Crippen molar-refractivity contribution in [2.45, 2.75) is 24.4 Å². The van der Waals surface area contributed by atoms with Gasteiger partial charge >= 0.3 is 5.91 Å². The van der Waals surface area contributed by atoms with Crippen molar-refractivity contribution in [2.24, 2.45) is 0 Å². The monoisotopic (exact) mass is 444 g/mol. The first kappa shape index (κ1) is 18.7. The van der Waals surface area contributed by atoms with Crippen molar-refractivity contribution in [2.75, 3.05) is 13.1 Å². The van der Waals surface area contributed by atoms with Crippen LogP contribution in [0.25, 0.3) is 0 Å². The van der Waals surface area contributed by atoms with E-state index >= 15 is 0 Å². The van der Waals surface area contributed by atoms with Gasteiger partial charge in [-0.15, -0.1) is 0 Å². The van der Waals surface area contributed by atoms with Crippen molar-refractivity contribution >= 4 is 37.8 Å². The summed E-state index contributed by atoms with van der Waals surface area (Å²) in [6.45, 7) is 0.874. The zero-order valence-corrected chi connectivity index (χ0v) is 16.0. The molecule has 26 heavy (non-hydrogen) atoms. The van der Waals surface area contributed by atoms with Gasteiger partial charge in [-0.05, 0) is 47.0 Å². The molecule has 3 rings (SSSR count). The number of carbonyl (C=O) groups is 2. The molecule has 2 aromatic rings. The number of nitrogens with zero attached hydrogens (tertiary/aromatic N) is 1. The fourth-order valence-corrected chi connectivity index (χ4v) is 4.33. The van der Waals surface area contributed by atoms with Gasteiger partial charge in [-0.25, -0.2) is 8.42 Å². The predicted octanol–water partition coefficient (Wildman–Crippen LogP) is 1.62. The number of furan rings is 1. The van der Waals surface area contributed by atoms with Gasteiger partial charge in [0.15, 0.2) is 5.76 Å². The molecule has 1 fully saturated rings. The predicted molar refractivity (Wildman–Crippen MR) is 94.7 cm³/mol. The molecule has 1 aliphatic rings. The first-order valence-corrected chi connectivity index (χ1v) is 10.2. The number of sulfonamides is 1. The number of rotatable bonds is 4. The van der Waals surface area contributed by atoms with Crippen molar-refractivity contribution in [1.82, 2.24) is 20.1 Å². The number of amides is 2. The molecule has 3 N–H and O–H groups in total. The fourth-order valence-electron chi connectivity index (χ4n) is 2.55. The lowest BCUT2D eigenvalue weighted by atomic mass is 10.2. The second-order valence-electron chi connectivity index (χ2n) is 5.72. The van der Waals surface area contributed by atoms with Gasteiger partial charge in [0, 0.05) is 23.8 Å². The topological polar surface area (TPSA) is 125 Å². The average molecular weight is 445 g/mol. The molecule has 0 bridgehead atoms. The number of hydrogen-bond donors (Lipinski definition) is 3. The van der Waals surface area contributed by atoms with E-state index in [-0.39, 0.29) is 16.5 Å². The van der Waals surface area contributed by atoms with Crippen LogP contribution >= 0.6 is 15.9 Å². The number of nitrogens with one attached hydrogen (secondary N) is 3.